The zero-order chi connectivity index (χ0) is 29.3. The lowest BCUT2D eigenvalue weighted by atomic mass is 9.94. The van der Waals surface area contributed by atoms with Crippen LogP contribution in [0.15, 0.2) is 64.3 Å². The smallest absolute Gasteiger partial charge is 0.255 e. The summed E-state index contributed by atoms with van der Waals surface area (Å²) in [6.07, 6.45) is 0. The van der Waals surface area contributed by atoms with Crippen molar-refractivity contribution in [2.75, 3.05) is 17.2 Å². The standard InChI is InChI=1S/C29H27BrCl2N6O3/c1-5-40-24-13-18(12-20(30)27(24)41-14-19-21(31)9-7-10-22(19)32)26-25(17(4)33-29-35-36-37-38(26)29)28(39)34-23-11-6-8-15(2)16(23)3/h6-13,26H,5,14H2,1-4H3,(H,34,39)(H,33,35,37). The number of fused-ring (bicyclic) bond motifs is 1. The molecule has 0 radical (unpaired) electrons. The Bertz CT molecular complexity index is 1650. The van der Waals surface area contributed by atoms with Crippen LogP contribution in [0.4, 0.5) is 11.6 Å². The number of halogens is 3. The summed E-state index contributed by atoms with van der Waals surface area (Å²) in [5.41, 5.74) is 5.26. The van der Waals surface area contributed by atoms with Crippen molar-refractivity contribution >= 4 is 56.7 Å². The molecular formula is C29H27BrCl2N6O3. The van der Waals surface area contributed by atoms with Crippen molar-refractivity contribution < 1.29 is 14.3 Å². The summed E-state index contributed by atoms with van der Waals surface area (Å²) in [5.74, 6) is 1.08. The number of rotatable bonds is 8. The Morgan fingerprint density at radius 3 is 2.56 bits per heavy atom. The number of nitrogens with zero attached hydrogens (tertiary/aromatic N) is 4. The van der Waals surface area contributed by atoms with Gasteiger partial charge in [-0.2, -0.15) is 4.68 Å². The van der Waals surface area contributed by atoms with E-state index < -0.39 is 6.04 Å². The van der Waals surface area contributed by atoms with Gasteiger partial charge in [-0.1, -0.05) is 46.5 Å². The maximum atomic E-state index is 13.9. The predicted octanol–water partition coefficient (Wildman–Crippen LogP) is 7.26. The van der Waals surface area contributed by atoms with Crippen molar-refractivity contribution in [1.29, 1.82) is 0 Å². The van der Waals surface area contributed by atoms with Gasteiger partial charge in [0.1, 0.15) is 12.6 Å². The second-order valence-corrected chi connectivity index (χ2v) is 11.1. The zero-order valence-electron chi connectivity index (χ0n) is 22.8. The molecule has 9 nitrogen and oxygen atoms in total. The second kappa shape index (κ2) is 12.1. The number of ether oxygens (including phenoxy) is 2. The van der Waals surface area contributed by atoms with Gasteiger partial charge in [-0.3, -0.25) is 4.79 Å². The van der Waals surface area contributed by atoms with Crippen molar-refractivity contribution in [2.24, 2.45) is 0 Å². The Kier molecular flexibility index (Phi) is 8.53. The highest BCUT2D eigenvalue weighted by Crippen LogP contribution is 2.43. The first kappa shape index (κ1) is 28.9. The lowest BCUT2D eigenvalue weighted by molar-refractivity contribution is -0.113. The molecule has 3 aromatic carbocycles. The average molecular weight is 658 g/mol. The van der Waals surface area contributed by atoms with E-state index in [1.54, 1.807) is 22.9 Å². The number of aromatic nitrogens is 4. The van der Waals surface area contributed by atoms with Crippen LogP contribution in [-0.4, -0.2) is 32.7 Å². The predicted molar refractivity (Wildman–Crippen MR) is 163 cm³/mol. The van der Waals surface area contributed by atoms with Gasteiger partial charge in [-0.15, -0.1) is 0 Å². The maximum absolute atomic E-state index is 13.9. The molecule has 1 unspecified atom stereocenters. The van der Waals surface area contributed by atoms with Crippen LogP contribution in [0.1, 0.15) is 42.1 Å². The van der Waals surface area contributed by atoms with Crippen molar-refractivity contribution in [3.63, 3.8) is 0 Å². The number of tetrazole rings is 1. The summed E-state index contributed by atoms with van der Waals surface area (Å²) in [7, 11) is 0. The highest BCUT2D eigenvalue weighted by molar-refractivity contribution is 9.10. The Hall–Kier alpha value is -3.60. The number of allylic oxidation sites excluding steroid dienone is 1. The third-order valence-electron chi connectivity index (χ3n) is 6.88. The molecule has 1 aliphatic heterocycles. The third-order valence-corrected chi connectivity index (χ3v) is 8.18. The lowest BCUT2D eigenvalue weighted by Gasteiger charge is -2.29. The molecule has 1 amide bonds. The van der Waals surface area contributed by atoms with Gasteiger partial charge in [0.2, 0.25) is 5.95 Å². The molecule has 212 valence electrons. The fraction of sp³-hybridized carbons (Fsp3) is 0.241. The highest BCUT2D eigenvalue weighted by atomic mass is 79.9. The minimum atomic E-state index is -0.658. The van der Waals surface area contributed by atoms with Crippen LogP contribution in [0.5, 0.6) is 11.5 Å². The molecule has 5 rings (SSSR count). The maximum Gasteiger partial charge on any atom is 0.255 e. The van der Waals surface area contributed by atoms with Crippen LogP contribution in [0.2, 0.25) is 10.0 Å². The summed E-state index contributed by atoms with van der Waals surface area (Å²) in [6, 6.07) is 14.1. The number of carbonyl (C=O) groups is 1. The number of nitrogens with one attached hydrogen (secondary N) is 2. The monoisotopic (exact) mass is 656 g/mol. The fourth-order valence-corrected chi connectivity index (χ4v) is 5.73. The van der Waals surface area contributed by atoms with E-state index >= 15 is 0 Å². The summed E-state index contributed by atoms with van der Waals surface area (Å²) in [6.45, 7) is 8.20. The van der Waals surface area contributed by atoms with Crippen molar-refractivity contribution in [3.05, 3.63) is 96.6 Å². The normalized spacial score (nSPS) is 14.4. The lowest BCUT2D eigenvalue weighted by Crippen LogP contribution is -2.31. The molecule has 0 fully saturated rings. The molecule has 0 aliphatic carbocycles. The molecule has 1 aliphatic rings. The molecule has 12 heteroatoms. The van der Waals surface area contributed by atoms with Gasteiger partial charge >= 0.3 is 0 Å². The minimum absolute atomic E-state index is 0.129. The number of amides is 1. The molecule has 1 atom stereocenters. The molecule has 2 heterocycles. The Labute approximate surface area is 256 Å². The van der Waals surface area contributed by atoms with E-state index in [1.807, 2.05) is 58.0 Å². The molecule has 0 bridgehead atoms. The number of hydrogen-bond donors (Lipinski definition) is 2. The summed E-state index contributed by atoms with van der Waals surface area (Å²) in [4.78, 5) is 13.9. The first-order chi connectivity index (χ1) is 19.7. The number of anilines is 2. The first-order valence-corrected chi connectivity index (χ1v) is 14.4. The van der Waals surface area contributed by atoms with E-state index in [0.29, 0.717) is 61.0 Å². The molecule has 0 saturated carbocycles. The van der Waals surface area contributed by atoms with Crippen LogP contribution in [-0.2, 0) is 11.4 Å². The van der Waals surface area contributed by atoms with Crippen LogP contribution in [0, 0.1) is 13.8 Å². The van der Waals surface area contributed by atoms with E-state index in [-0.39, 0.29) is 12.5 Å². The van der Waals surface area contributed by atoms with E-state index in [4.69, 9.17) is 32.7 Å². The number of hydrogen-bond acceptors (Lipinski definition) is 7. The van der Waals surface area contributed by atoms with Gasteiger partial charge in [0.05, 0.1) is 16.7 Å². The number of carbonyl (C=O) groups excluding carboxylic acids is 1. The molecule has 4 aromatic rings. The van der Waals surface area contributed by atoms with Crippen molar-refractivity contribution in [2.45, 2.75) is 40.3 Å². The van der Waals surface area contributed by atoms with Gasteiger partial charge in [-0.05, 0) is 101 Å². The number of benzene rings is 3. The molecule has 41 heavy (non-hydrogen) atoms. The molecular weight excluding hydrogens is 631 g/mol. The highest BCUT2D eigenvalue weighted by Gasteiger charge is 2.35. The summed E-state index contributed by atoms with van der Waals surface area (Å²) < 4.78 is 14.4. The first-order valence-electron chi connectivity index (χ1n) is 12.8. The average Bonchev–Trinajstić information content (AvgIpc) is 3.39. The van der Waals surface area contributed by atoms with Crippen LogP contribution >= 0.6 is 39.1 Å². The molecule has 0 spiro atoms. The zero-order valence-corrected chi connectivity index (χ0v) is 25.9. The molecule has 1 aromatic heterocycles. The minimum Gasteiger partial charge on any atom is -0.490 e. The summed E-state index contributed by atoms with van der Waals surface area (Å²) in [5, 5.41) is 19.4. The largest absolute Gasteiger partial charge is 0.490 e. The van der Waals surface area contributed by atoms with Gasteiger partial charge in [0.25, 0.3) is 5.91 Å². The van der Waals surface area contributed by atoms with E-state index in [2.05, 4.69) is 42.1 Å². The van der Waals surface area contributed by atoms with Crippen LogP contribution in [0.3, 0.4) is 0 Å². The Morgan fingerprint density at radius 2 is 1.83 bits per heavy atom. The fourth-order valence-electron chi connectivity index (χ4n) is 4.65. The molecule has 2 N–H and O–H groups in total. The SMILES string of the molecule is CCOc1cc(C2C(C(=O)Nc3cccc(C)c3C)=C(C)Nc3nnnn32)cc(Br)c1OCc1c(Cl)cccc1Cl. The van der Waals surface area contributed by atoms with Gasteiger partial charge in [0, 0.05) is 27.0 Å². The van der Waals surface area contributed by atoms with E-state index in [0.717, 1.165) is 16.8 Å². The van der Waals surface area contributed by atoms with Gasteiger partial charge < -0.3 is 20.1 Å². The topological polar surface area (TPSA) is 103 Å². The molecule has 0 saturated heterocycles. The second-order valence-electron chi connectivity index (χ2n) is 9.47. The van der Waals surface area contributed by atoms with E-state index in [1.165, 1.54) is 0 Å². The van der Waals surface area contributed by atoms with Gasteiger partial charge in [0.15, 0.2) is 11.5 Å². The number of aryl methyl sites for hydroxylation is 1. The van der Waals surface area contributed by atoms with Crippen LogP contribution in [0.25, 0.3) is 0 Å². The van der Waals surface area contributed by atoms with E-state index in [9.17, 15) is 4.79 Å². The van der Waals surface area contributed by atoms with Crippen molar-refractivity contribution in [3.8, 4) is 11.5 Å². The third kappa shape index (κ3) is 5.77. The quantitative estimate of drug-likeness (QED) is 0.205. The Balaban J connectivity index is 1.55. The summed E-state index contributed by atoms with van der Waals surface area (Å²) >= 11 is 16.4. The van der Waals surface area contributed by atoms with Crippen molar-refractivity contribution in [1.82, 2.24) is 20.2 Å². The Morgan fingerprint density at radius 1 is 1.10 bits per heavy atom. The van der Waals surface area contributed by atoms with Crippen LogP contribution < -0.4 is 20.1 Å². The van der Waals surface area contributed by atoms with Gasteiger partial charge in [-0.25, -0.2) is 0 Å².